The minimum absolute atomic E-state index is 0.0712. The molecule has 8 heteroatoms. The van der Waals surface area contributed by atoms with Crippen molar-refractivity contribution >= 4 is 22.8 Å². The van der Waals surface area contributed by atoms with Crippen LogP contribution in [0.25, 0.3) is 11.2 Å². The van der Waals surface area contributed by atoms with Gasteiger partial charge in [0.05, 0.1) is 11.8 Å². The van der Waals surface area contributed by atoms with Gasteiger partial charge >= 0.3 is 5.69 Å². The third-order valence-corrected chi connectivity index (χ3v) is 4.41. The summed E-state index contributed by atoms with van der Waals surface area (Å²) in [5.74, 6) is 0.613. The molecule has 0 aromatic carbocycles. The highest BCUT2D eigenvalue weighted by atomic mass is 16.2. The SMILES string of the molecule is CCCn1c(=O)c2c(nc3n2[C@H](C)C(C)=NN3CC)n(C)c1=O. The Balaban J connectivity index is 2.45. The monoisotopic (exact) mass is 318 g/mol. The second-order valence-corrected chi connectivity index (χ2v) is 5.89. The van der Waals surface area contributed by atoms with Crippen molar-refractivity contribution in [1.82, 2.24) is 18.7 Å². The predicted octanol–water partition coefficient (Wildman–Crippen LogP) is 1.08. The maximum absolute atomic E-state index is 12.9. The molecule has 2 aromatic rings. The molecule has 0 spiro atoms. The smallest absolute Gasteiger partial charge is 0.294 e. The van der Waals surface area contributed by atoms with Gasteiger partial charge in [0.15, 0.2) is 11.2 Å². The molecule has 0 unspecified atom stereocenters. The van der Waals surface area contributed by atoms with Crippen molar-refractivity contribution in [2.45, 2.75) is 46.7 Å². The molecule has 124 valence electrons. The third-order valence-electron chi connectivity index (χ3n) is 4.41. The van der Waals surface area contributed by atoms with Gasteiger partial charge in [0.2, 0.25) is 5.95 Å². The maximum atomic E-state index is 12.9. The first kappa shape index (κ1) is 15.5. The van der Waals surface area contributed by atoms with Crippen molar-refractivity contribution in [3.05, 3.63) is 20.8 Å². The maximum Gasteiger partial charge on any atom is 0.332 e. The topological polar surface area (TPSA) is 77.4 Å². The molecular formula is C15H22N6O2. The molecule has 3 rings (SSSR count). The summed E-state index contributed by atoms with van der Waals surface area (Å²) < 4.78 is 4.64. The lowest BCUT2D eigenvalue weighted by atomic mass is 10.2. The van der Waals surface area contributed by atoms with E-state index < -0.39 is 0 Å². The minimum atomic E-state index is -0.326. The molecule has 0 radical (unpaired) electrons. The van der Waals surface area contributed by atoms with E-state index in [1.807, 2.05) is 32.3 Å². The van der Waals surface area contributed by atoms with Crippen LogP contribution in [-0.2, 0) is 13.6 Å². The Hall–Kier alpha value is -2.38. The number of aryl methyl sites for hydroxylation is 1. The Kier molecular flexibility index (Phi) is 3.62. The van der Waals surface area contributed by atoms with Crippen molar-refractivity contribution in [2.24, 2.45) is 12.1 Å². The molecule has 0 N–H and O–H groups in total. The van der Waals surface area contributed by atoms with Crippen LogP contribution >= 0.6 is 0 Å². The van der Waals surface area contributed by atoms with Gasteiger partial charge in [-0.05, 0) is 27.2 Å². The summed E-state index contributed by atoms with van der Waals surface area (Å²) in [6.45, 7) is 8.90. The summed E-state index contributed by atoms with van der Waals surface area (Å²) in [5.41, 5.74) is 1.19. The summed E-state index contributed by atoms with van der Waals surface area (Å²) in [7, 11) is 1.66. The van der Waals surface area contributed by atoms with E-state index in [2.05, 4.69) is 10.1 Å². The van der Waals surface area contributed by atoms with Crippen LogP contribution in [0.1, 0.15) is 40.2 Å². The van der Waals surface area contributed by atoms with E-state index in [4.69, 9.17) is 0 Å². The molecule has 0 fully saturated rings. The van der Waals surface area contributed by atoms with E-state index in [0.29, 0.717) is 30.2 Å². The van der Waals surface area contributed by atoms with E-state index in [1.165, 1.54) is 9.13 Å². The Morgan fingerprint density at radius 2 is 1.91 bits per heavy atom. The zero-order chi connectivity index (χ0) is 16.9. The normalized spacial score (nSPS) is 17.5. The van der Waals surface area contributed by atoms with Crippen LogP contribution in [0.4, 0.5) is 5.95 Å². The lowest BCUT2D eigenvalue weighted by molar-refractivity contribution is 0.586. The number of imidazole rings is 1. The minimum Gasteiger partial charge on any atom is -0.294 e. The number of rotatable bonds is 3. The highest BCUT2D eigenvalue weighted by Gasteiger charge is 2.29. The van der Waals surface area contributed by atoms with Crippen LogP contribution in [-0.4, -0.2) is 30.9 Å². The number of hydrazone groups is 1. The number of nitrogens with zero attached hydrogens (tertiary/aromatic N) is 6. The van der Waals surface area contributed by atoms with Gasteiger partial charge in [-0.3, -0.25) is 18.5 Å². The molecule has 1 aliphatic heterocycles. The third kappa shape index (κ3) is 2.04. The summed E-state index contributed by atoms with van der Waals surface area (Å²) in [6.07, 6.45) is 0.721. The van der Waals surface area contributed by atoms with Crippen molar-refractivity contribution in [3.63, 3.8) is 0 Å². The van der Waals surface area contributed by atoms with Gasteiger partial charge in [-0.15, -0.1) is 0 Å². The molecule has 8 nitrogen and oxygen atoms in total. The zero-order valence-electron chi connectivity index (χ0n) is 14.2. The van der Waals surface area contributed by atoms with Gasteiger partial charge in [0, 0.05) is 20.1 Å². The van der Waals surface area contributed by atoms with Gasteiger partial charge in [-0.2, -0.15) is 10.1 Å². The molecule has 1 atom stereocenters. The van der Waals surface area contributed by atoms with Gasteiger partial charge in [0.25, 0.3) is 5.56 Å². The molecule has 0 aliphatic carbocycles. The molecule has 0 bridgehead atoms. The number of anilines is 1. The first-order chi connectivity index (χ1) is 10.9. The van der Waals surface area contributed by atoms with Crippen molar-refractivity contribution in [1.29, 1.82) is 0 Å². The standard InChI is InChI=1S/C15H22N6O2/c1-6-8-19-13(22)11-12(18(5)15(19)23)16-14-20(7-2)17-9(3)10(4)21(11)14/h10H,6-8H2,1-5H3/t10-/m1/s1. The zero-order valence-corrected chi connectivity index (χ0v) is 14.2. The molecule has 0 amide bonds. The highest BCUT2D eigenvalue weighted by Crippen LogP contribution is 2.29. The molecular weight excluding hydrogens is 296 g/mol. The molecule has 0 saturated heterocycles. The quantitative estimate of drug-likeness (QED) is 0.848. The molecule has 1 aliphatic rings. The highest BCUT2D eigenvalue weighted by molar-refractivity contribution is 5.90. The van der Waals surface area contributed by atoms with Crippen molar-refractivity contribution < 1.29 is 0 Å². The Morgan fingerprint density at radius 1 is 1.22 bits per heavy atom. The Bertz CT molecular complexity index is 917. The van der Waals surface area contributed by atoms with Crippen molar-refractivity contribution in [2.75, 3.05) is 11.6 Å². The number of hydrogen-bond donors (Lipinski definition) is 0. The molecule has 23 heavy (non-hydrogen) atoms. The van der Waals surface area contributed by atoms with Gasteiger partial charge in [-0.25, -0.2) is 9.80 Å². The summed E-state index contributed by atoms with van der Waals surface area (Å²) in [5, 5.41) is 6.30. The van der Waals surface area contributed by atoms with Crippen LogP contribution in [0, 0.1) is 0 Å². The van der Waals surface area contributed by atoms with Crippen LogP contribution < -0.4 is 16.3 Å². The van der Waals surface area contributed by atoms with Crippen molar-refractivity contribution in [3.8, 4) is 0 Å². The van der Waals surface area contributed by atoms with Gasteiger partial charge in [-0.1, -0.05) is 6.92 Å². The first-order valence-electron chi connectivity index (χ1n) is 7.96. The Morgan fingerprint density at radius 3 is 2.52 bits per heavy atom. The fraction of sp³-hybridized carbons (Fsp3) is 0.600. The van der Waals surface area contributed by atoms with E-state index >= 15 is 0 Å². The fourth-order valence-electron chi connectivity index (χ4n) is 3.02. The van der Waals surface area contributed by atoms with E-state index in [9.17, 15) is 9.59 Å². The van der Waals surface area contributed by atoms with Gasteiger partial charge in [0.1, 0.15) is 0 Å². The Labute approximate surface area is 133 Å². The lowest BCUT2D eigenvalue weighted by Crippen LogP contribution is -2.40. The van der Waals surface area contributed by atoms with E-state index in [-0.39, 0.29) is 17.3 Å². The second-order valence-electron chi connectivity index (χ2n) is 5.89. The van der Waals surface area contributed by atoms with Crippen LogP contribution in [0.3, 0.4) is 0 Å². The molecule has 2 aromatic heterocycles. The lowest BCUT2D eigenvalue weighted by Gasteiger charge is -2.28. The summed E-state index contributed by atoms with van der Waals surface area (Å²) in [4.78, 5) is 29.9. The summed E-state index contributed by atoms with van der Waals surface area (Å²) >= 11 is 0. The first-order valence-corrected chi connectivity index (χ1v) is 7.96. The van der Waals surface area contributed by atoms with Crippen LogP contribution in [0.2, 0.25) is 0 Å². The van der Waals surface area contributed by atoms with Crippen LogP contribution in [0.5, 0.6) is 0 Å². The summed E-state index contributed by atoms with van der Waals surface area (Å²) in [6, 6.07) is -0.0712. The second kappa shape index (κ2) is 5.36. The fourth-order valence-corrected chi connectivity index (χ4v) is 3.02. The number of aromatic nitrogens is 4. The predicted molar refractivity (Wildman–Crippen MR) is 90.4 cm³/mol. The average molecular weight is 318 g/mol. The number of fused-ring (bicyclic) bond motifs is 3. The largest absolute Gasteiger partial charge is 0.332 e. The van der Waals surface area contributed by atoms with E-state index in [1.54, 1.807) is 12.1 Å². The average Bonchev–Trinajstić information content (AvgIpc) is 2.94. The van der Waals surface area contributed by atoms with Crippen LogP contribution in [0.15, 0.2) is 14.7 Å². The molecule has 3 heterocycles. The molecule has 0 saturated carbocycles. The van der Waals surface area contributed by atoms with Gasteiger partial charge < -0.3 is 0 Å². The number of hydrogen-bond acceptors (Lipinski definition) is 5. The van der Waals surface area contributed by atoms with E-state index in [0.717, 1.165) is 12.1 Å².